The molecule has 5 nitrogen and oxygen atoms in total. The molecule has 1 atom stereocenters. The summed E-state index contributed by atoms with van der Waals surface area (Å²) in [4.78, 5) is 26.3. The second-order valence-corrected chi connectivity index (χ2v) is 7.29. The Bertz CT molecular complexity index is 1050. The summed E-state index contributed by atoms with van der Waals surface area (Å²) < 4.78 is 10.5. The van der Waals surface area contributed by atoms with Gasteiger partial charge in [0.2, 0.25) is 5.91 Å². The van der Waals surface area contributed by atoms with Crippen molar-refractivity contribution in [1.29, 1.82) is 0 Å². The minimum atomic E-state index is -0.454. The minimum absolute atomic E-state index is 0.0198. The molecule has 1 saturated heterocycles. The zero-order valence-corrected chi connectivity index (χ0v) is 15.3. The van der Waals surface area contributed by atoms with Crippen LogP contribution in [0, 0.1) is 0 Å². The highest BCUT2D eigenvalue weighted by Crippen LogP contribution is 2.44. The lowest BCUT2D eigenvalue weighted by atomic mass is 10.1. The van der Waals surface area contributed by atoms with E-state index in [1.165, 1.54) is 17.8 Å². The van der Waals surface area contributed by atoms with E-state index in [2.05, 4.69) is 0 Å². The Balaban J connectivity index is 1.85. The first-order valence-corrected chi connectivity index (χ1v) is 9.30. The maximum atomic E-state index is 12.5. The van der Waals surface area contributed by atoms with E-state index in [1.807, 2.05) is 12.1 Å². The summed E-state index contributed by atoms with van der Waals surface area (Å²) in [6.45, 7) is 0. The van der Waals surface area contributed by atoms with Gasteiger partial charge in [-0.05, 0) is 42.5 Å². The summed E-state index contributed by atoms with van der Waals surface area (Å²) in [6.07, 6.45) is 0. The Morgan fingerprint density at radius 1 is 1.15 bits per heavy atom. The lowest BCUT2D eigenvalue weighted by molar-refractivity contribution is -0.115. The van der Waals surface area contributed by atoms with Gasteiger partial charge in [0.1, 0.15) is 16.7 Å². The zero-order valence-electron chi connectivity index (χ0n) is 13.8. The van der Waals surface area contributed by atoms with Crippen molar-refractivity contribution in [3.8, 4) is 5.75 Å². The van der Waals surface area contributed by atoms with Gasteiger partial charge < -0.3 is 9.15 Å². The Morgan fingerprint density at radius 2 is 1.92 bits per heavy atom. The van der Waals surface area contributed by atoms with Gasteiger partial charge in [0.15, 0.2) is 0 Å². The first-order chi connectivity index (χ1) is 12.6. The Labute approximate surface area is 158 Å². The maximum absolute atomic E-state index is 12.5. The largest absolute Gasteiger partial charge is 0.497 e. The molecule has 1 aliphatic rings. The van der Waals surface area contributed by atoms with E-state index in [1.54, 1.807) is 42.3 Å². The molecule has 0 radical (unpaired) electrons. The lowest BCUT2D eigenvalue weighted by Gasteiger charge is -2.25. The number of fused-ring (bicyclic) bond motifs is 1. The number of thioether (sulfide) groups is 1. The van der Waals surface area contributed by atoms with Crippen molar-refractivity contribution in [3.05, 3.63) is 69.5 Å². The number of halogens is 1. The van der Waals surface area contributed by atoms with Crippen LogP contribution in [0.15, 0.2) is 57.7 Å². The van der Waals surface area contributed by atoms with Crippen LogP contribution in [0.2, 0.25) is 5.02 Å². The van der Waals surface area contributed by atoms with Gasteiger partial charge >= 0.3 is 5.63 Å². The lowest BCUT2D eigenvalue weighted by Crippen LogP contribution is -2.28. The van der Waals surface area contributed by atoms with Crippen LogP contribution in [-0.2, 0) is 4.79 Å². The van der Waals surface area contributed by atoms with Gasteiger partial charge in [-0.25, -0.2) is 4.79 Å². The molecule has 0 saturated carbocycles. The van der Waals surface area contributed by atoms with Gasteiger partial charge in [0, 0.05) is 27.7 Å². The second-order valence-electron chi connectivity index (χ2n) is 5.79. The highest BCUT2D eigenvalue weighted by molar-refractivity contribution is 8.00. The van der Waals surface area contributed by atoms with Crippen LogP contribution in [0.4, 0.5) is 5.69 Å². The van der Waals surface area contributed by atoms with Crippen molar-refractivity contribution in [2.45, 2.75) is 5.37 Å². The van der Waals surface area contributed by atoms with Gasteiger partial charge in [-0.2, -0.15) is 0 Å². The Morgan fingerprint density at radius 3 is 2.65 bits per heavy atom. The van der Waals surface area contributed by atoms with Gasteiger partial charge in [-0.15, -0.1) is 11.8 Å². The summed E-state index contributed by atoms with van der Waals surface area (Å²) in [5.74, 6) is 1.02. The first kappa shape index (κ1) is 17.0. The van der Waals surface area contributed by atoms with Gasteiger partial charge in [-0.3, -0.25) is 9.69 Å². The van der Waals surface area contributed by atoms with Crippen LogP contribution in [-0.4, -0.2) is 18.8 Å². The normalized spacial score (nSPS) is 17.1. The number of anilines is 1. The van der Waals surface area contributed by atoms with Gasteiger partial charge in [0.25, 0.3) is 0 Å². The Kier molecular flexibility index (Phi) is 4.38. The smallest absolute Gasteiger partial charge is 0.336 e. The quantitative estimate of drug-likeness (QED) is 0.629. The van der Waals surface area contributed by atoms with Gasteiger partial charge in [-0.1, -0.05) is 11.6 Å². The molecular formula is C19H14ClNO4S. The van der Waals surface area contributed by atoms with Crippen molar-refractivity contribution >= 4 is 45.9 Å². The molecule has 132 valence electrons. The first-order valence-electron chi connectivity index (χ1n) is 7.88. The van der Waals surface area contributed by atoms with Crippen LogP contribution in [0.3, 0.4) is 0 Å². The molecule has 1 aliphatic heterocycles. The molecule has 3 aromatic rings. The van der Waals surface area contributed by atoms with Crippen LogP contribution in [0.5, 0.6) is 5.75 Å². The molecule has 0 N–H and O–H groups in total. The number of nitrogens with zero attached hydrogens (tertiary/aromatic N) is 1. The molecule has 0 spiro atoms. The third-order valence-electron chi connectivity index (χ3n) is 4.22. The number of carbonyl (C=O) groups is 1. The predicted molar refractivity (Wildman–Crippen MR) is 103 cm³/mol. The fourth-order valence-corrected chi connectivity index (χ4v) is 4.41. The van der Waals surface area contributed by atoms with E-state index in [0.29, 0.717) is 27.7 Å². The number of methoxy groups -OCH3 is 1. The van der Waals surface area contributed by atoms with Crippen molar-refractivity contribution in [1.82, 2.24) is 0 Å². The number of amides is 1. The number of hydrogen-bond donors (Lipinski definition) is 0. The summed E-state index contributed by atoms with van der Waals surface area (Å²) >= 11 is 7.60. The topological polar surface area (TPSA) is 59.8 Å². The standard InChI is InChI=1S/C19H14ClNO4S/c1-24-13-5-3-12(4-6-13)21-17(22)10-26-19(21)15-9-18(23)25-16-7-2-11(20)8-14(15)16/h2-9,19H,10H2,1H3. The molecule has 1 unspecified atom stereocenters. The van der Waals surface area contributed by atoms with Crippen molar-refractivity contribution in [3.63, 3.8) is 0 Å². The van der Waals surface area contributed by atoms with Crippen LogP contribution >= 0.6 is 23.4 Å². The van der Waals surface area contributed by atoms with E-state index in [0.717, 1.165) is 11.1 Å². The van der Waals surface area contributed by atoms with E-state index >= 15 is 0 Å². The number of rotatable bonds is 3. The zero-order chi connectivity index (χ0) is 18.3. The molecule has 4 rings (SSSR count). The molecule has 1 fully saturated rings. The molecule has 1 amide bonds. The third kappa shape index (κ3) is 2.95. The maximum Gasteiger partial charge on any atom is 0.336 e. The third-order valence-corrected chi connectivity index (χ3v) is 5.65. The molecule has 2 heterocycles. The van der Waals surface area contributed by atoms with Crippen molar-refractivity contribution in [2.75, 3.05) is 17.8 Å². The van der Waals surface area contributed by atoms with E-state index < -0.39 is 5.63 Å². The molecular weight excluding hydrogens is 374 g/mol. The molecule has 2 aromatic carbocycles. The van der Waals surface area contributed by atoms with Crippen LogP contribution in [0.25, 0.3) is 11.0 Å². The number of benzene rings is 2. The molecule has 26 heavy (non-hydrogen) atoms. The highest BCUT2D eigenvalue weighted by Gasteiger charge is 2.35. The fraction of sp³-hybridized carbons (Fsp3) is 0.158. The molecule has 0 bridgehead atoms. The van der Waals surface area contributed by atoms with Crippen LogP contribution < -0.4 is 15.3 Å². The highest BCUT2D eigenvalue weighted by atomic mass is 35.5. The van der Waals surface area contributed by atoms with Gasteiger partial charge in [0.05, 0.1) is 12.9 Å². The average molecular weight is 388 g/mol. The number of ether oxygens (including phenoxy) is 1. The molecule has 7 heteroatoms. The van der Waals surface area contributed by atoms with E-state index in [-0.39, 0.29) is 11.3 Å². The monoisotopic (exact) mass is 387 g/mol. The fourth-order valence-electron chi connectivity index (χ4n) is 3.04. The summed E-state index contributed by atoms with van der Waals surface area (Å²) in [6, 6.07) is 13.8. The number of hydrogen-bond acceptors (Lipinski definition) is 5. The van der Waals surface area contributed by atoms with Crippen molar-refractivity contribution < 1.29 is 13.9 Å². The minimum Gasteiger partial charge on any atom is -0.497 e. The van der Waals surface area contributed by atoms with E-state index in [9.17, 15) is 9.59 Å². The average Bonchev–Trinajstić information content (AvgIpc) is 3.03. The Hall–Kier alpha value is -2.44. The summed E-state index contributed by atoms with van der Waals surface area (Å²) in [5, 5.41) is 0.932. The van der Waals surface area contributed by atoms with Crippen LogP contribution in [0.1, 0.15) is 10.9 Å². The summed E-state index contributed by atoms with van der Waals surface area (Å²) in [5.41, 5.74) is 1.45. The van der Waals surface area contributed by atoms with Crippen molar-refractivity contribution in [2.24, 2.45) is 0 Å². The predicted octanol–water partition coefficient (Wildman–Crippen LogP) is 4.23. The second kappa shape index (κ2) is 6.70. The SMILES string of the molecule is COc1ccc(N2C(=O)CSC2c2cc(=O)oc3ccc(Cl)cc23)cc1. The van der Waals surface area contributed by atoms with E-state index in [4.69, 9.17) is 20.8 Å². The molecule has 1 aromatic heterocycles. The molecule has 0 aliphatic carbocycles. The summed E-state index contributed by atoms with van der Waals surface area (Å²) in [7, 11) is 1.59. The number of carbonyl (C=O) groups excluding carboxylic acids is 1.